The van der Waals surface area contributed by atoms with Crippen molar-refractivity contribution >= 4 is 34.8 Å². The Bertz CT molecular complexity index is 740. The third-order valence-corrected chi connectivity index (χ3v) is 4.05. The van der Waals surface area contributed by atoms with Crippen LogP contribution in [0.15, 0.2) is 42.5 Å². The van der Waals surface area contributed by atoms with Gasteiger partial charge in [0.1, 0.15) is 18.1 Å². The second kappa shape index (κ2) is 11.7. The van der Waals surface area contributed by atoms with Crippen LogP contribution in [-0.4, -0.2) is 32.3 Å². The van der Waals surface area contributed by atoms with Crippen LogP contribution in [0.3, 0.4) is 0 Å². The summed E-state index contributed by atoms with van der Waals surface area (Å²) in [5.41, 5.74) is 0.690. The normalized spacial score (nSPS) is 10.5. The lowest BCUT2D eigenvalue weighted by Crippen LogP contribution is -2.13. The van der Waals surface area contributed by atoms with E-state index in [1.54, 1.807) is 24.3 Å². The van der Waals surface area contributed by atoms with Gasteiger partial charge in [0, 0.05) is 29.8 Å². The zero-order valence-electron chi connectivity index (χ0n) is 15.2. The Kier molecular flexibility index (Phi) is 9.25. The SMILES string of the molecule is CCOCCOc1cccc(NC(=O)CCCOc2ccc(Cl)cc2Cl)c1. The van der Waals surface area contributed by atoms with Gasteiger partial charge in [0.05, 0.1) is 18.2 Å². The molecule has 1 amide bonds. The molecule has 27 heavy (non-hydrogen) atoms. The second-order valence-corrected chi connectivity index (χ2v) is 6.49. The Balaban J connectivity index is 1.70. The van der Waals surface area contributed by atoms with E-state index in [0.717, 1.165) is 0 Å². The first-order valence-electron chi connectivity index (χ1n) is 8.77. The van der Waals surface area contributed by atoms with Crippen LogP contribution in [0.25, 0.3) is 0 Å². The maximum Gasteiger partial charge on any atom is 0.224 e. The van der Waals surface area contributed by atoms with Crippen LogP contribution in [0.1, 0.15) is 19.8 Å². The zero-order chi connectivity index (χ0) is 19.5. The van der Waals surface area contributed by atoms with Gasteiger partial charge in [-0.05, 0) is 43.7 Å². The molecule has 0 fully saturated rings. The predicted octanol–water partition coefficient (Wildman–Crippen LogP) is 5.21. The van der Waals surface area contributed by atoms with E-state index in [4.69, 9.17) is 37.4 Å². The lowest BCUT2D eigenvalue weighted by molar-refractivity contribution is -0.116. The molecule has 2 aromatic carbocycles. The fourth-order valence-corrected chi connectivity index (χ4v) is 2.72. The average molecular weight is 412 g/mol. The molecule has 0 heterocycles. The smallest absolute Gasteiger partial charge is 0.224 e. The van der Waals surface area contributed by atoms with Crippen molar-refractivity contribution in [2.75, 3.05) is 31.7 Å². The summed E-state index contributed by atoms with van der Waals surface area (Å²) in [6, 6.07) is 12.3. The van der Waals surface area contributed by atoms with E-state index in [-0.39, 0.29) is 5.91 Å². The van der Waals surface area contributed by atoms with Gasteiger partial charge in [0.15, 0.2) is 0 Å². The van der Waals surface area contributed by atoms with Gasteiger partial charge in [-0.3, -0.25) is 4.79 Å². The first-order chi connectivity index (χ1) is 13.1. The predicted molar refractivity (Wildman–Crippen MR) is 108 cm³/mol. The highest BCUT2D eigenvalue weighted by atomic mass is 35.5. The number of benzene rings is 2. The fourth-order valence-electron chi connectivity index (χ4n) is 2.26. The Hall–Kier alpha value is -1.95. The molecule has 7 heteroatoms. The van der Waals surface area contributed by atoms with E-state index in [9.17, 15) is 4.79 Å². The molecule has 0 aromatic heterocycles. The summed E-state index contributed by atoms with van der Waals surface area (Å²) < 4.78 is 16.4. The van der Waals surface area contributed by atoms with Gasteiger partial charge in [0.2, 0.25) is 5.91 Å². The summed E-state index contributed by atoms with van der Waals surface area (Å²) >= 11 is 11.9. The summed E-state index contributed by atoms with van der Waals surface area (Å²) in [7, 11) is 0. The number of anilines is 1. The number of carbonyl (C=O) groups is 1. The highest BCUT2D eigenvalue weighted by molar-refractivity contribution is 6.35. The Morgan fingerprint density at radius 2 is 1.89 bits per heavy atom. The third-order valence-electron chi connectivity index (χ3n) is 3.52. The largest absolute Gasteiger partial charge is 0.492 e. The van der Waals surface area contributed by atoms with Gasteiger partial charge in [-0.15, -0.1) is 0 Å². The van der Waals surface area contributed by atoms with Crippen molar-refractivity contribution in [1.29, 1.82) is 0 Å². The van der Waals surface area contributed by atoms with Gasteiger partial charge >= 0.3 is 0 Å². The molecule has 0 bridgehead atoms. The van der Waals surface area contributed by atoms with Crippen molar-refractivity contribution in [2.24, 2.45) is 0 Å². The zero-order valence-corrected chi connectivity index (χ0v) is 16.7. The fraction of sp³-hybridized carbons (Fsp3) is 0.350. The van der Waals surface area contributed by atoms with E-state index >= 15 is 0 Å². The molecule has 2 aromatic rings. The van der Waals surface area contributed by atoms with Crippen LogP contribution in [-0.2, 0) is 9.53 Å². The number of rotatable bonds is 11. The summed E-state index contributed by atoms with van der Waals surface area (Å²) in [6.07, 6.45) is 0.899. The minimum atomic E-state index is -0.0905. The molecule has 0 saturated heterocycles. The van der Waals surface area contributed by atoms with Crippen LogP contribution in [0, 0.1) is 0 Å². The maximum absolute atomic E-state index is 12.1. The molecule has 1 N–H and O–H groups in total. The van der Waals surface area contributed by atoms with Crippen molar-refractivity contribution < 1.29 is 19.0 Å². The molecule has 0 radical (unpaired) electrons. The maximum atomic E-state index is 12.1. The molecular weight excluding hydrogens is 389 g/mol. The summed E-state index contributed by atoms with van der Waals surface area (Å²) in [6.45, 7) is 3.98. The highest BCUT2D eigenvalue weighted by Gasteiger charge is 2.06. The number of ether oxygens (including phenoxy) is 3. The highest BCUT2D eigenvalue weighted by Crippen LogP contribution is 2.27. The summed E-state index contributed by atoms with van der Waals surface area (Å²) in [4.78, 5) is 12.1. The van der Waals surface area contributed by atoms with Gasteiger partial charge < -0.3 is 19.5 Å². The molecule has 146 valence electrons. The van der Waals surface area contributed by atoms with Crippen LogP contribution < -0.4 is 14.8 Å². The lowest BCUT2D eigenvalue weighted by Gasteiger charge is -2.10. The number of hydrogen-bond acceptors (Lipinski definition) is 4. The number of amides is 1. The van der Waals surface area contributed by atoms with E-state index < -0.39 is 0 Å². The number of hydrogen-bond donors (Lipinski definition) is 1. The van der Waals surface area contributed by atoms with Crippen LogP contribution >= 0.6 is 23.2 Å². The Morgan fingerprint density at radius 1 is 1.04 bits per heavy atom. The van der Waals surface area contributed by atoms with E-state index in [1.165, 1.54) is 0 Å². The molecule has 0 aliphatic rings. The van der Waals surface area contributed by atoms with Gasteiger partial charge in [-0.1, -0.05) is 29.3 Å². The molecule has 5 nitrogen and oxygen atoms in total. The van der Waals surface area contributed by atoms with Crippen LogP contribution in [0.4, 0.5) is 5.69 Å². The Labute approximate surface area is 169 Å². The van der Waals surface area contributed by atoms with Crippen molar-refractivity contribution in [3.05, 3.63) is 52.5 Å². The average Bonchev–Trinajstić information content (AvgIpc) is 2.64. The second-order valence-electron chi connectivity index (χ2n) is 5.65. The van der Waals surface area contributed by atoms with E-state index in [1.807, 2.05) is 25.1 Å². The number of nitrogens with one attached hydrogen (secondary N) is 1. The first-order valence-corrected chi connectivity index (χ1v) is 9.52. The van der Waals surface area contributed by atoms with Gasteiger partial charge in [-0.2, -0.15) is 0 Å². The first kappa shape index (κ1) is 21.4. The topological polar surface area (TPSA) is 56.8 Å². The molecule has 0 aliphatic heterocycles. The molecule has 0 aliphatic carbocycles. The summed E-state index contributed by atoms with van der Waals surface area (Å²) in [5.74, 6) is 1.15. The lowest BCUT2D eigenvalue weighted by atomic mass is 10.2. The van der Waals surface area contributed by atoms with Crippen molar-refractivity contribution in [2.45, 2.75) is 19.8 Å². The molecular formula is C20H23Cl2NO4. The number of halogens is 2. The molecule has 0 spiro atoms. The molecule has 0 unspecified atom stereocenters. The van der Waals surface area contributed by atoms with Gasteiger partial charge in [0.25, 0.3) is 0 Å². The van der Waals surface area contributed by atoms with E-state index in [2.05, 4.69) is 5.32 Å². The van der Waals surface area contributed by atoms with Gasteiger partial charge in [-0.25, -0.2) is 0 Å². The number of carbonyl (C=O) groups excluding carboxylic acids is 1. The molecule has 0 saturated carbocycles. The minimum absolute atomic E-state index is 0.0905. The van der Waals surface area contributed by atoms with Crippen molar-refractivity contribution in [3.63, 3.8) is 0 Å². The minimum Gasteiger partial charge on any atom is -0.492 e. The molecule has 0 atom stereocenters. The van der Waals surface area contributed by atoms with Crippen LogP contribution in [0.5, 0.6) is 11.5 Å². The van der Waals surface area contributed by atoms with Crippen molar-refractivity contribution in [1.82, 2.24) is 0 Å². The standard InChI is InChI=1S/C20H23Cl2NO4/c1-2-25-11-12-26-17-6-3-5-16(14-17)23-20(24)7-4-10-27-19-9-8-15(21)13-18(19)22/h3,5-6,8-9,13-14H,2,4,7,10-12H2,1H3,(H,23,24). The monoisotopic (exact) mass is 411 g/mol. The Morgan fingerprint density at radius 3 is 2.67 bits per heavy atom. The molecule has 2 rings (SSSR count). The third kappa shape index (κ3) is 8.08. The summed E-state index contributed by atoms with van der Waals surface area (Å²) in [5, 5.41) is 3.86. The quantitative estimate of drug-likeness (QED) is 0.515. The van der Waals surface area contributed by atoms with E-state index in [0.29, 0.717) is 66.5 Å². The van der Waals surface area contributed by atoms with Crippen molar-refractivity contribution in [3.8, 4) is 11.5 Å². The van der Waals surface area contributed by atoms with Crippen LogP contribution in [0.2, 0.25) is 10.0 Å².